The number of rotatable bonds is 8. The fraction of sp³-hybridized carbons (Fsp3) is 0.875. The lowest BCUT2D eigenvalue weighted by molar-refractivity contribution is 0.250. The highest BCUT2D eigenvalue weighted by atomic mass is 16.3. The van der Waals surface area contributed by atoms with Gasteiger partial charge in [0.05, 0.1) is 26.3 Å². The lowest BCUT2D eigenvalue weighted by Gasteiger charge is -2.31. The van der Waals surface area contributed by atoms with E-state index < -0.39 is 11.1 Å². The summed E-state index contributed by atoms with van der Waals surface area (Å²) >= 11 is 0. The summed E-state index contributed by atoms with van der Waals surface area (Å²) < 4.78 is 0. The van der Waals surface area contributed by atoms with Crippen LogP contribution in [0.3, 0.4) is 0 Å². The van der Waals surface area contributed by atoms with Crippen molar-refractivity contribution in [2.24, 2.45) is 20.2 Å². The van der Waals surface area contributed by atoms with Crippen molar-refractivity contribution in [2.45, 2.75) is 38.8 Å². The van der Waals surface area contributed by atoms with E-state index in [1.165, 1.54) is 0 Å². The largest absolute Gasteiger partial charge is 0.395 e. The van der Waals surface area contributed by atoms with E-state index in [0.717, 1.165) is 37.9 Å². The first-order valence-corrected chi connectivity index (χ1v) is 8.57. The molecule has 2 aliphatic heterocycles. The van der Waals surface area contributed by atoms with Crippen molar-refractivity contribution in [3.05, 3.63) is 0 Å². The number of hydrogen-bond acceptors (Lipinski definition) is 8. The van der Waals surface area contributed by atoms with Crippen LogP contribution >= 0.6 is 0 Å². The molecule has 2 N–H and O–H groups in total. The zero-order chi connectivity index (χ0) is 17.8. The Balaban J connectivity index is 2.13. The zero-order valence-corrected chi connectivity index (χ0v) is 15.2. The van der Waals surface area contributed by atoms with Gasteiger partial charge in [0, 0.05) is 26.2 Å². The van der Waals surface area contributed by atoms with Gasteiger partial charge in [-0.05, 0) is 27.7 Å². The summed E-state index contributed by atoms with van der Waals surface area (Å²) in [6.07, 6.45) is 0. The van der Waals surface area contributed by atoms with Crippen LogP contribution in [0.1, 0.15) is 27.7 Å². The third-order valence-corrected chi connectivity index (χ3v) is 4.25. The normalized spacial score (nSPS) is 19.4. The Morgan fingerprint density at radius 2 is 1.21 bits per heavy atom. The molecule has 0 spiro atoms. The molecule has 8 heteroatoms. The predicted octanol–water partition coefficient (Wildman–Crippen LogP) is 0.409. The van der Waals surface area contributed by atoms with Gasteiger partial charge in [0.15, 0.2) is 0 Å². The van der Waals surface area contributed by atoms with Crippen molar-refractivity contribution in [2.75, 3.05) is 52.5 Å². The third kappa shape index (κ3) is 4.10. The van der Waals surface area contributed by atoms with Gasteiger partial charge in [0.25, 0.3) is 0 Å². The van der Waals surface area contributed by atoms with Gasteiger partial charge in [-0.3, -0.25) is 9.98 Å². The van der Waals surface area contributed by atoms with Crippen LogP contribution in [0.25, 0.3) is 0 Å². The van der Waals surface area contributed by atoms with Crippen LogP contribution in [0.15, 0.2) is 20.2 Å². The number of β-amino-alcohol motifs (C(OH)–C–C–N with tert-alkyl or cyclic N) is 2. The number of hydrogen-bond donors (Lipinski definition) is 2. The van der Waals surface area contributed by atoms with Crippen molar-refractivity contribution in [3.8, 4) is 0 Å². The van der Waals surface area contributed by atoms with Crippen LogP contribution in [0.2, 0.25) is 0 Å². The molecule has 0 bridgehead atoms. The fourth-order valence-electron chi connectivity index (χ4n) is 3.14. The lowest BCUT2D eigenvalue weighted by atomic mass is 10.0. The van der Waals surface area contributed by atoms with Gasteiger partial charge in [-0.15, -0.1) is 0 Å². The monoisotopic (exact) mass is 338 g/mol. The molecule has 0 radical (unpaired) electrons. The minimum atomic E-state index is -0.552. The van der Waals surface area contributed by atoms with E-state index in [2.05, 4.69) is 30.0 Å². The summed E-state index contributed by atoms with van der Waals surface area (Å²) in [6.45, 7) is 12.4. The predicted molar refractivity (Wildman–Crippen MR) is 94.9 cm³/mol. The molecular weight excluding hydrogens is 308 g/mol. The number of aliphatic hydroxyl groups excluding tert-OH is 2. The molecule has 0 aromatic rings. The molecule has 8 nitrogen and oxygen atoms in total. The first-order valence-electron chi connectivity index (χ1n) is 8.57. The first kappa shape index (κ1) is 18.8. The average Bonchev–Trinajstić information content (AvgIpc) is 3.16. The van der Waals surface area contributed by atoms with Gasteiger partial charge in [-0.25, -0.2) is 0 Å². The summed E-state index contributed by atoms with van der Waals surface area (Å²) in [5, 5.41) is 27.6. The molecule has 0 fully saturated rings. The number of aliphatic hydroxyl groups is 2. The van der Waals surface area contributed by atoms with E-state index in [1.54, 1.807) is 0 Å². The van der Waals surface area contributed by atoms with E-state index in [4.69, 9.17) is 0 Å². The van der Waals surface area contributed by atoms with Gasteiger partial charge >= 0.3 is 0 Å². The summed E-state index contributed by atoms with van der Waals surface area (Å²) in [5.74, 6) is 1.74. The average molecular weight is 338 g/mol. The van der Waals surface area contributed by atoms with Crippen LogP contribution in [0, 0.1) is 0 Å². The zero-order valence-electron chi connectivity index (χ0n) is 15.2. The molecule has 0 amide bonds. The van der Waals surface area contributed by atoms with Crippen LogP contribution in [-0.4, -0.2) is 95.2 Å². The molecule has 0 unspecified atom stereocenters. The van der Waals surface area contributed by atoms with Gasteiger partial charge in [0.2, 0.25) is 0 Å². The minimum absolute atomic E-state index is 0.102. The maximum atomic E-state index is 9.20. The molecule has 24 heavy (non-hydrogen) atoms. The Labute approximate surface area is 144 Å². The van der Waals surface area contributed by atoms with Crippen molar-refractivity contribution in [1.29, 1.82) is 0 Å². The van der Waals surface area contributed by atoms with E-state index in [0.29, 0.717) is 13.1 Å². The van der Waals surface area contributed by atoms with Gasteiger partial charge < -0.3 is 20.0 Å². The molecule has 0 saturated heterocycles. The van der Waals surface area contributed by atoms with Crippen LogP contribution in [0.4, 0.5) is 0 Å². The standard InChI is InChI=1S/C16H30N6O2/c1-15(2,13-17-5-7-21(13)9-11-23)19-20-16(3,4)14-18-6-8-22(14)10-12-24/h23-24H,5-12H2,1-4H3. The Hall–Kier alpha value is -1.54. The van der Waals surface area contributed by atoms with E-state index in [1.807, 2.05) is 27.7 Å². The number of aliphatic imine (C=N–C) groups is 2. The summed E-state index contributed by atoms with van der Waals surface area (Å²) in [4.78, 5) is 13.2. The van der Waals surface area contributed by atoms with Crippen molar-refractivity contribution in [1.82, 2.24) is 9.80 Å². The number of amidine groups is 2. The maximum absolute atomic E-state index is 9.20. The molecule has 0 aromatic heterocycles. The van der Waals surface area contributed by atoms with Crippen LogP contribution in [0.5, 0.6) is 0 Å². The van der Waals surface area contributed by atoms with Crippen molar-refractivity contribution in [3.63, 3.8) is 0 Å². The van der Waals surface area contributed by atoms with Gasteiger partial charge in [-0.1, -0.05) is 0 Å². The van der Waals surface area contributed by atoms with E-state index in [9.17, 15) is 10.2 Å². The van der Waals surface area contributed by atoms with Crippen molar-refractivity contribution < 1.29 is 10.2 Å². The first-order chi connectivity index (χ1) is 11.3. The molecule has 2 rings (SSSR count). The topological polar surface area (TPSA) is 96.4 Å². The second-order valence-electron chi connectivity index (χ2n) is 7.15. The lowest BCUT2D eigenvalue weighted by Crippen LogP contribution is -2.45. The van der Waals surface area contributed by atoms with Crippen LogP contribution < -0.4 is 0 Å². The van der Waals surface area contributed by atoms with Crippen LogP contribution in [-0.2, 0) is 0 Å². The molecule has 136 valence electrons. The summed E-state index contributed by atoms with van der Waals surface area (Å²) in [7, 11) is 0. The Morgan fingerprint density at radius 3 is 1.54 bits per heavy atom. The van der Waals surface area contributed by atoms with E-state index in [-0.39, 0.29) is 13.2 Å². The molecule has 2 aliphatic rings. The number of azo groups is 1. The molecule has 0 aliphatic carbocycles. The molecular formula is C16H30N6O2. The van der Waals surface area contributed by atoms with Gasteiger partial charge in [-0.2, -0.15) is 10.2 Å². The second-order valence-corrected chi connectivity index (χ2v) is 7.15. The smallest absolute Gasteiger partial charge is 0.133 e. The SMILES string of the molecule is CC(C)(N=NC(C)(C)C1=NCCN1CCO)C1=NCCN1CCO. The fourth-order valence-corrected chi connectivity index (χ4v) is 3.14. The molecule has 2 heterocycles. The summed E-state index contributed by atoms with van der Waals surface area (Å²) in [5.41, 5.74) is -1.10. The highest BCUT2D eigenvalue weighted by molar-refractivity contribution is 5.93. The molecule has 0 atom stereocenters. The molecule has 0 saturated carbocycles. The van der Waals surface area contributed by atoms with Crippen molar-refractivity contribution >= 4 is 11.7 Å². The highest BCUT2D eigenvalue weighted by Crippen LogP contribution is 2.24. The minimum Gasteiger partial charge on any atom is -0.395 e. The highest BCUT2D eigenvalue weighted by Gasteiger charge is 2.36. The Bertz CT molecular complexity index is 481. The Kier molecular flexibility index (Phi) is 5.92. The maximum Gasteiger partial charge on any atom is 0.133 e. The summed E-state index contributed by atoms with van der Waals surface area (Å²) in [6, 6.07) is 0. The third-order valence-electron chi connectivity index (χ3n) is 4.25. The number of nitrogens with zero attached hydrogens (tertiary/aromatic N) is 6. The Morgan fingerprint density at radius 1 is 0.833 bits per heavy atom. The van der Waals surface area contributed by atoms with E-state index >= 15 is 0 Å². The quantitative estimate of drug-likeness (QED) is 0.627. The second kappa shape index (κ2) is 7.57. The van der Waals surface area contributed by atoms with Gasteiger partial charge in [0.1, 0.15) is 22.7 Å². The molecule has 0 aromatic carbocycles.